The number of rotatable bonds is 5. The molecule has 0 radical (unpaired) electrons. The number of thioether (sulfide) groups is 1. The maximum absolute atomic E-state index is 12.9. The summed E-state index contributed by atoms with van der Waals surface area (Å²) in [6.07, 6.45) is 0. The molecule has 24 heavy (non-hydrogen) atoms. The monoisotopic (exact) mass is 339 g/mol. The lowest BCUT2D eigenvalue weighted by Crippen LogP contribution is -2.30. The van der Waals surface area contributed by atoms with E-state index in [2.05, 4.69) is 29.6 Å². The van der Waals surface area contributed by atoms with Crippen molar-refractivity contribution in [1.29, 1.82) is 0 Å². The molecule has 1 N–H and O–H groups in total. The molecule has 122 valence electrons. The number of halogens is 1. The van der Waals surface area contributed by atoms with E-state index in [1.807, 2.05) is 25.1 Å². The Bertz CT molecular complexity index is 848. The summed E-state index contributed by atoms with van der Waals surface area (Å²) in [5.41, 5.74) is 0.882. The summed E-state index contributed by atoms with van der Waals surface area (Å²) in [5, 5.41) is 5.05. The summed E-state index contributed by atoms with van der Waals surface area (Å²) >= 11 is 1.53. The van der Waals surface area contributed by atoms with Gasteiger partial charge in [0.05, 0.1) is 5.25 Å². The minimum atomic E-state index is -0.273. The van der Waals surface area contributed by atoms with Crippen LogP contribution in [0.2, 0.25) is 0 Å². The summed E-state index contributed by atoms with van der Waals surface area (Å²) in [5.74, 6) is -0.303. The van der Waals surface area contributed by atoms with Gasteiger partial charge >= 0.3 is 0 Å². The van der Waals surface area contributed by atoms with Crippen LogP contribution in [0.5, 0.6) is 0 Å². The second kappa shape index (κ2) is 7.49. The largest absolute Gasteiger partial charge is 0.351 e. The molecule has 1 amide bonds. The fraction of sp³-hybridized carbons (Fsp3) is 0.150. The molecule has 1 atom stereocenters. The summed E-state index contributed by atoms with van der Waals surface area (Å²) in [6.45, 7) is 2.29. The van der Waals surface area contributed by atoms with E-state index in [0.717, 1.165) is 10.5 Å². The highest BCUT2D eigenvalue weighted by Gasteiger charge is 2.14. The summed E-state index contributed by atoms with van der Waals surface area (Å²) in [6, 6.07) is 20.5. The van der Waals surface area contributed by atoms with Gasteiger partial charge in [0.1, 0.15) is 5.82 Å². The first-order valence-corrected chi connectivity index (χ1v) is 8.67. The van der Waals surface area contributed by atoms with E-state index in [0.29, 0.717) is 6.54 Å². The molecule has 0 aliphatic heterocycles. The van der Waals surface area contributed by atoms with Crippen LogP contribution in [0.1, 0.15) is 12.5 Å². The number of hydrogen-bond donors (Lipinski definition) is 1. The van der Waals surface area contributed by atoms with Crippen LogP contribution in [-0.2, 0) is 11.3 Å². The molecule has 0 saturated carbocycles. The van der Waals surface area contributed by atoms with Gasteiger partial charge in [0.2, 0.25) is 5.91 Å². The van der Waals surface area contributed by atoms with Gasteiger partial charge in [0.25, 0.3) is 0 Å². The van der Waals surface area contributed by atoms with Crippen LogP contribution in [0.4, 0.5) is 4.39 Å². The molecule has 0 aromatic heterocycles. The van der Waals surface area contributed by atoms with Crippen molar-refractivity contribution in [1.82, 2.24) is 5.32 Å². The van der Waals surface area contributed by atoms with Gasteiger partial charge in [0, 0.05) is 11.4 Å². The molecule has 3 aromatic carbocycles. The Morgan fingerprint density at radius 1 is 1.04 bits per heavy atom. The van der Waals surface area contributed by atoms with Crippen LogP contribution in [0.15, 0.2) is 71.6 Å². The van der Waals surface area contributed by atoms with E-state index < -0.39 is 0 Å². The number of nitrogens with one attached hydrogen (secondary N) is 1. The van der Waals surface area contributed by atoms with Crippen LogP contribution in [0, 0.1) is 5.82 Å². The van der Waals surface area contributed by atoms with Crippen LogP contribution in [-0.4, -0.2) is 11.2 Å². The topological polar surface area (TPSA) is 29.1 Å². The van der Waals surface area contributed by atoms with Gasteiger partial charge in [0.15, 0.2) is 0 Å². The number of fused-ring (bicyclic) bond motifs is 1. The van der Waals surface area contributed by atoms with Gasteiger partial charge in [-0.3, -0.25) is 4.79 Å². The first kappa shape index (κ1) is 16.5. The zero-order chi connectivity index (χ0) is 16.9. The van der Waals surface area contributed by atoms with Gasteiger partial charge < -0.3 is 5.32 Å². The van der Waals surface area contributed by atoms with Gasteiger partial charge in [-0.2, -0.15) is 0 Å². The van der Waals surface area contributed by atoms with Gasteiger partial charge in [-0.1, -0.05) is 42.5 Å². The van der Waals surface area contributed by atoms with Crippen LogP contribution in [0.25, 0.3) is 10.8 Å². The Morgan fingerprint density at radius 2 is 1.75 bits per heavy atom. The molecule has 0 aliphatic carbocycles. The highest BCUT2D eigenvalue weighted by molar-refractivity contribution is 8.00. The van der Waals surface area contributed by atoms with Gasteiger partial charge in [-0.15, -0.1) is 11.8 Å². The molecule has 3 rings (SSSR count). The molecule has 0 heterocycles. The molecule has 4 heteroatoms. The lowest BCUT2D eigenvalue weighted by atomic mass is 10.1. The van der Waals surface area contributed by atoms with Crippen LogP contribution < -0.4 is 5.32 Å². The molecule has 2 nitrogen and oxygen atoms in total. The van der Waals surface area contributed by atoms with Crippen LogP contribution >= 0.6 is 11.8 Å². The zero-order valence-corrected chi connectivity index (χ0v) is 14.1. The van der Waals surface area contributed by atoms with Crippen molar-refractivity contribution >= 4 is 28.4 Å². The third kappa shape index (κ3) is 4.15. The lowest BCUT2D eigenvalue weighted by molar-refractivity contribution is -0.120. The van der Waals surface area contributed by atoms with E-state index in [-0.39, 0.29) is 17.0 Å². The van der Waals surface area contributed by atoms with Crippen molar-refractivity contribution in [3.05, 3.63) is 78.1 Å². The first-order chi connectivity index (χ1) is 11.6. The van der Waals surface area contributed by atoms with Gasteiger partial charge in [-0.05, 0) is 47.5 Å². The highest BCUT2D eigenvalue weighted by atomic mass is 32.2. The highest BCUT2D eigenvalue weighted by Crippen LogP contribution is 2.27. The summed E-state index contributed by atoms with van der Waals surface area (Å²) in [4.78, 5) is 13.3. The second-order valence-corrected chi connectivity index (χ2v) is 7.03. The average Bonchev–Trinajstić information content (AvgIpc) is 2.61. The molecule has 0 fully saturated rings. The third-order valence-corrected chi connectivity index (χ3v) is 4.88. The maximum atomic E-state index is 12.9. The molecular weight excluding hydrogens is 321 g/mol. The molecule has 0 aliphatic rings. The maximum Gasteiger partial charge on any atom is 0.233 e. The van der Waals surface area contributed by atoms with E-state index in [1.165, 1.54) is 34.7 Å². The van der Waals surface area contributed by atoms with E-state index in [4.69, 9.17) is 0 Å². The number of carbonyl (C=O) groups excluding carboxylic acids is 1. The second-order valence-electron chi connectivity index (χ2n) is 5.61. The van der Waals surface area contributed by atoms with Crippen molar-refractivity contribution in [2.45, 2.75) is 23.6 Å². The fourth-order valence-corrected chi connectivity index (χ4v) is 3.37. The summed E-state index contributed by atoms with van der Waals surface area (Å²) < 4.78 is 12.9. The molecule has 0 spiro atoms. The number of hydrogen-bond acceptors (Lipinski definition) is 2. The normalized spacial score (nSPS) is 12.1. The third-order valence-electron chi connectivity index (χ3n) is 3.78. The molecule has 1 unspecified atom stereocenters. The van der Waals surface area contributed by atoms with Crippen molar-refractivity contribution in [2.75, 3.05) is 0 Å². The summed E-state index contributed by atoms with van der Waals surface area (Å²) in [7, 11) is 0. The van der Waals surface area contributed by atoms with E-state index in [9.17, 15) is 9.18 Å². The fourth-order valence-electron chi connectivity index (χ4n) is 2.43. The number of amides is 1. The van der Waals surface area contributed by atoms with Crippen molar-refractivity contribution in [3.63, 3.8) is 0 Å². The Labute approximate surface area is 145 Å². The lowest BCUT2D eigenvalue weighted by Gasteiger charge is -2.12. The predicted molar refractivity (Wildman–Crippen MR) is 97.5 cm³/mol. The minimum absolute atomic E-state index is 0.0301. The van der Waals surface area contributed by atoms with Gasteiger partial charge in [-0.25, -0.2) is 4.39 Å². The Morgan fingerprint density at radius 3 is 2.50 bits per heavy atom. The number of carbonyl (C=O) groups is 1. The first-order valence-electron chi connectivity index (χ1n) is 7.79. The standard InChI is InChI=1S/C20H18FNOS/c1-14(20(23)22-13-15-6-9-18(21)10-7-15)24-19-11-8-16-4-2-3-5-17(16)12-19/h2-12,14H,13H2,1H3,(H,22,23). The Balaban J connectivity index is 1.59. The number of benzene rings is 3. The molecule has 0 bridgehead atoms. The molecular formula is C20H18FNOS. The minimum Gasteiger partial charge on any atom is -0.351 e. The van der Waals surface area contributed by atoms with Crippen molar-refractivity contribution in [3.8, 4) is 0 Å². The zero-order valence-electron chi connectivity index (χ0n) is 13.3. The van der Waals surface area contributed by atoms with Crippen molar-refractivity contribution < 1.29 is 9.18 Å². The van der Waals surface area contributed by atoms with Crippen molar-refractivity contribution in [2.24, 2.45) is 0 Å². The molecule has 3 aromatic rings. The SMILES string of the molecule is CC(Sc1ccc2ccccc2c1)C(=O)NCc1ccc(F)cc1. The van der Waals surface area contributed by atoms with E-state index in [1.54, 1.807) is 12.1 Å². The smallest absolute Gasteiger partial charge is 0.233 e. The Kier molecular flexibility index (Phi) is 5.16. The Hall–Kier alpha value is -2.33. The average molecular weight is 339 g/mol. The van der Waals surface area contributed by atoms with E-state index >= 15 is 0 Å². The molecule has 0 saturated heterocycles. The van der Waals surface area contributed by atoms with Crippen LogP contribution in [0.3, 0.4) is 0 Å². The predicted octanol–water partition coefficient (Wildman–Crippen LogP) is 4.78. The quantitative estimate of drug-likeness (QED) is 0.678.